The molecule has 0 amide bonds. The lowest BCUT2D eigenvalue weighted by Crippen LogP contribution is -2.24. The van der Waals surface area contributed by atoms with Crippen LogP contribution in [0.25, 0.3) is 0 Å². The molecule has 0 saturated heterocycles. The van der Waals surface area contributed by atoms with Crippen LogP contribution in [-0.4, -0.2) is 24.4 Å². The summed E-state index contributed by atoms with van der Waals surface area (Å²) >= 11 is 7.76. The van der Waals surface area contributed by atoms with Gasteiger partial charge in [0.15, 0.2) is 0 Å². The summed E-state index contributed by atoms with van der Waals surface area (Å²) in [5, 5.41) is 3.43. The molecule has 1 N–H and O–H groups in total. The Balaban J connectivity index is 2.46. The number of alkyl halides is 1. The van der Waals surface area contributed by atoms with Gasteiger partial charge in [0.1, 0.15) is 0 Å². The summed E-state index contributed by atoms with van der Waals surface area (Å²) in [4.78, 5) is 0. The molecular weight excluding hydrogens is 214 g/mol. The number of nitrogens with one attached hydrogen (secondary N) is 1. The van der Waals surface area contributed by atoms with E-state index in [0.717, 1.165) is 12.3 Å². The van der Waals surface area contributed by atoms with Gasteiger partial charge in [-0.2, -0.15) is 11.8 Å². The lowest BCUT2D eigenvalue weighted by Gasteiger charge is -2.15. The van der Waals surface area contributed by atoms with Gasteiger partial charge in [0, 0.05) is 24.2 Å². The standard InChI is InChI=1S/C11H16ClNS/c1-14-8-7-13-11(9-12)10-5-3-2-4-6-10/h2-6,11,13H,7-9H2,1H3. The summed E-state index contributed by atoms with van der Waals surface area (Å²) in [5.74, 6) is 1.75. The minimum Gasteiger partial charge on any atom is -0.308 e. The maximum Gasteiger partial charge on any atom is 0.0457 e. The first kappa shape index (κ1) is 11.9. The zero-order valence-electron chi connectivity index (χ0n) is 8.37. The molecule has 0 fully saturated rings. The molecule has 1 atom stereocenters. The minimum atomic E-state index is 0.282. The molecular formula is C11H16ClNS. The SMILES string of the molecule is CSCCNC(CCl)c1ccccc1. The highest BCUT2D eigenvalue weighted by Crippen LogP contribution is 2.13. The van der Waals surface area contributed by atoms with Crippen LogP contribution in [0.5, 0.6) is 0 Å². The van der Waals surface area contributed by atoms with Gasteiger partial charge in [-0.1, -0.05) is 30.3 Å². The Morgan fingerprint density at radius 1 is 1.36 bits per heavy atom. The molecule has 1 rings (SSSR count). The third-order valence-corrected chi connectivity index (χ3v) is 2.97. The Bertz CT molecular complexity index is 240. The minimum absolute atomic E-state index is 0.282. The van der Waals surface area contributed by atoms with E-state index in [1.165, 1.54) is 5.56 Å². The third kappa shape index (κ3) is 3.91. The van der Waals surface area contributed by atoms with Gasteiger partial charge >= 0.3 is 0 Å². The van der Waals surface area contributed by atoms with Gasteiger partial charge < -0.3 is 5.32 Å². The van der Waals surface area contributed by atoms with Crippen LogP contribution in [-0.2, 0) is 0 Å². The highest BCUT2D eigenvalue weighted by molar-refractivity contribution is 7.98. The Labute approximate surface area is 95.2 Å². The summed E-state index contributed by atoms with van der Waals surface area (Å²) in [6, 6.07) is 10.6. The molecule has 0 heterocycles. The molecule has 0 saturated carbocycles. The van der Waals surface area contributed by atoms with E-state index in [2.05, 4.69) is 23.7 Å². The van der Waals surface area contributed by atoms with Crippen molar-refractivity contribution in [3.05, 3.63) is 35.9 Å². The van der Waals surface area contributed by atoms with E-state index in [1.54, 1.807) is 0 Å². The molecule has 1 unspecified atom stereocenters. The van der Waals surface area contributed by atoms with Gasteiger partial charge in [-0.05, 0) is 11.8 Å². The highest BCUT2D eigenvalue weighted by atomic mass is 35.5. The second-order valence-corrected chi connectivity index (χ2v) is 4.36. The van der Waals surface area contributed by atoms with Crippen molar-refractivity contribution in [2.24, 2.45) is 0 Å². The monoisotopic (exact) mass is 229 g/mol. The fraction of sp³-hybridized carbons (Fsp3) is 0.455. The normalized spacial score (nSPS) is 12.7. The van der Waals surface area contributed by atoms with Crippen molar-refractivity contribution in [1.29, 1.82) is 0 Å². The van der Waals surface area contributed by atoms with Crippen molar-refractivity contribution < 1.29 is 0 Å². The van der Waals surface area contributed by atoms with E-state index < -0.39 is 0 Å². The van der Waals surface area contributed by atoms with Crippen molar-refractivity contribution in [2.45, 2.75) is 6.04 Å². The van der Waals surface area contributed by atoms with Crippen LogP contribution in [0.1, 0.15) is 11.6 Å². The average molecular weight is 230 g/mol. The molecule has 78 valence electrons. The second-order valence-electron chi connectivity index (χ2n) is 3.06. The van der Waals surface area contributed by atoms with E-state index in [1.807, 2.05) is 30.0 Å². The molecule has 0 radical (unpaired) electrons. The number of halogens is 1. The van der Waals surface area contributed by atoms with Gasteiger partial charge in [-0.25, -0.2) is 0 Å². The quantitative estimate of drug-likeness (QED) is 0.595. The molecule has 1 nitrogen and oxygen atoms in total. The third-order valence-electron chi connectivity index (χ3n) is 2.05. The number of hydrogen-bond donors (Lipinski definition) is 1. The first-order valence-corrected chi connectivity index (χ1v) is 6.64. The Kier molecular flexibility index (Phi) is 6.08. The van der Waals surface area contributed by atoms with E-state index in [-0.39, 0.29) is 6.04 Å². The first-order valence-electron chi connectivity index (χ1n) is 4.71. The molecule has 0 spiro atoms. The van der Waals surface area contributed by atoms with E-state index in [4.69, 9.17) is 11.6 Å². The molecule has 0 aliphatic carbocycles. The van der Waals surface area contributed by atoms with Crippen molar-refractivity contribution >= 4 is 23.4 Å². The molecule has 0 aromatic heterocycles. The first-order chi connectivity index (χ1) is 6.88. The van der Waals surface area contributed by atoms with Gasteiger partial charge in [0.25, 0.3) is 0 Å². The lowest BCUT2D eigenvalue weighted by molar-refractivity contribution is 0.606. The summed E-state index contributed by atoms with van der Waals surface area (Å²) in [6.45, 7) is 1.01. The fourth-order valence-electron chi connectivity index (χ4n) is 1.28. The van der Waals surface area contributed by atoms with Gasteiger partial charge in [0.05, 0.1) is 0 Å². The number of hydrogen-bond acceptors (Lipinski definition) is 2. The predicted molar refractivity (Wildman–Crippen MR) is 66.3 cm³/mol. The van der Waals surface area contributed by atoms with Crippen molar-refractivity contribution in [2.75, 3.05) is 24.4 Å². The van der Waals surface area contributed by atoms with Crippen LogP contribution in [0, 0.1) is 0 Å². The molecule has 0 aliphatic heterocycles. The van der Waals surface area contributed by atoms with Crippen molar-refractivity contribution in [3.63, 3.8) is 0 Å². The molecule has 0 aliphatic rings. The van der Waals surface area contributed by atoms with Crippen molar-refractivity contribution in [1.82, 2.24) is 5.32 Å². The van der Waals surface area contributed by atoms with Crippen LogP contribution in [0.15, 0.2) is 30.3 Å². The maximum absolute atomic E-state index is 5.91. The zero-order valence-corrected chi connectivity index (χ0v) is 9.94. The highest BCUT2D eigenvalue weighted by Gasteiger charge is 2.07. The predicted octanol–water partition coefficient (Wildman–Crippen LogP) is 2.92. The van der Waals surface area contributed by atoms with E-state index in [9.17, 15) is 0 Å². The maximum atomic E-state index is 5.91. The average Bonchev–Trinajstić information content (AvgIpc) is 2.26. The van der Waals surface area contributed by atoms with Crippen LogP contribution in [0.2, 0.25) is 0 Å². The zero-order chi connectivity index (χ0) is 10.2. The van der Waals surface area contributed by atoms with E-state index >= 15 is 0 Å². The van der Waals surface area contributed by atoms with Gasteiger partial charge in [-0.15, -0.1) is 11.6 Å². The molecule has 3 heteroatoms. The molecule has 0 bridgehead atoms. The number of rotatable bonds is 6. The Hall–Kier alpha value is -0.180. The van der Waals surface area contributed by atoms with Gasteiger partial charge in [-0.3, -0.25) is 0 Å². The summed E-state index contributed by atoms with van der Waals surface area (Å²) < 4.78 is 0. The largest absolute Gasteiger partial charge is 0.308 e. The second kappa shape index (κ2) is 7.16. The van der Waals surface area contributed by atoms with Gasteiger partial charge in [0.2, 0.25) is 0 Å². The summed E-state index contributed by atoms with van der Waals surface area (Å²) in [7, 11) is 0. The van der Waals surface area contributed by atoms with Crippen molar-refractivity contribution in [3.8, 4) is 0 Å². The molecule has 14 heavy (non-hydrogen) atoms. The summed E-state index contributed by atoms with van der Waals surface area (Å²) in [6.07, 6.45) is 2.11. The molecule has 1 aromatic carbocycles. The Morgan fingerprint density at radius 2 is 2.07 bits per heavy atom. The lowest BCUT2D eigenvalue weighted by atomic mass is 10.1. The number of benzene rings is 1. The van der Waals surface area contributed by atoms with E-state index in [0.29, 0.717) is 5.88 Å². The summed E-state index contributed by atoms with van der Waals surface area (Å²) in [5.41, 5.74) is 1.27. The fourth-order valence-corrected chi connectivity index (χ4v) is 1.89. The topological polar surface area (TPSA) is 12.0 Å². The van der Waals surface area contributed by atoms with Crippen LogP contribution < -0.4 is 5.32 Å². The van der Waals surface area contributed by atoms with Crippen LogP contribution >= 0.6 is 23.4 Å². The smallest absolute Gasteiger partial charge is 0.0457 e. The van der Waals surface area contributed by atoms with Crippen LogP contribution in [0.4, 0.5) is 0 Å². The molecule has 1 aromatic rings. The number of thioether (sulfide) groups is 1. The Morgan fingerprint density at radius 3 is 2.64 bits per heavy atom. The van der Waals surface area contributed by atoms with Crippen LogP contribution in [0.3, 0.4) is 0 Å².